The fourth-order valence-electron chi connectivity index (χ4n) is 4.38. The first-order chi connectivity index (χ1) is 19.0. The van der Waals surface area contributed by atoms with Crippen molar-refractivity contribution in [2.24, 2.45) is 23.3 Å². The van der Waals surface area contributed by atoms with Gasteiger partial charge in [0, 0.05) is 19.4 Å². The van der Waals surface area contributed by atoms with Crippen LogP contribution in [0.25, 0.3) is 0 Å². The van der Waals surface area contributed by atoms with E-state index in [0.717, 1.165) is 0 Å². The third-order valence-corrected chi connectivity index (χ3v) is 6.76. The number of hydrogen-bond donors (Lipinski definition) is 7. The lowest BCUT2D eigenvalue weighted by molar-refractivity contribution is -0.143. The fraction of sp³-hybridized carbons (Fsp3) is 0.731. The molecule has 1 fully saturated rings. The van der Waals surface area contributed by atoms with Gasteiger partial charge in [0.25, 0.3) is 0 Å². The van der Waals surface area contributed by atoms with Crippen LogP contribution in [0, 0.1) is 11.8 Å². The largest absolute Gasteiger partial charge is 0.481 e. The molecule has 232 valence electrons. The molecule has 9 N–H and O–H groups in total. The second-order valence-electron chi connectivity index (χ2n) is 11.0. The highest BCUT2D eigenvalue weighted by Crippen LogP contribution is 2.20. The van der Waals surface area contributed by atoms with Gasteiger partial charge < -0.3 is 42.5 Å². The van der Waals surface area contributed by atoms with Crippen LogP contribution in [0.1, 0.15) is 72.6 Å². The number of carboxylic acids is 2. The topological polar surface area (TPSA) is 251 Å². The summed E-state index contributed by atoms with van der Waals surface area (Å²) in [6.07, 6.45) is -0.326. The van der Waals surface area contributed by atoms with Gasteiger partial charge in [-0.25, -0.2) is 4.79 Å². The van der Waals surface area contributed by atoms with Gasteiger partial charge in [-0.1, -0.05) is 27.7 Å². The Morgan fingerprint density at radius 2 is 1.41 bits per heavy atom. The number of rotatable bonds is 17. The van der Waals surface area contributed by atoms with Crippen molar-refractivity contribution in [3.8, 4) is 0 Å². The first-order valence-corrected chi connectivity index (χ1v) is 13.7. The second-order valence-corrected chi connectivity index (χ2v) is 11.0. The Morgan fingerprint density at radius 1 is 0.854 bits per heavy atom. The number of carbonyl (C=O) groups is 7. The van der Waals surface area contributed by atoms with Crippen LogP contribution in [-0.4, -0.2) is 93.3 Å². The van der Waals surface area contributed by atoms with Crippen LogP contribution < -0.4 is 27.4 Å². The molecule has 1 heterocycles. The summed E-state index contributed by atoms with van der Waals surface area (Å²) < 4.78 is 0. The number of nitrogens with zero attached hydrogens (tertiary/aromatic N) is 1. The van der Waals surface area contributed by atoms with Crippen LogP contribution in [0.15, 0.2) is 0 Å². The third kappa shape index (κ3) is 11.7. The molecule has 1 aliphatic rings. The zero-order valence-electron chi connectivity index (χ0n) is 24.1. The number of hydrogen-bond acceptors (Lipinski definition) is 8. The standard InChI is InChI=1S/C26H44N6O9/c1-13(2)12-17(23(37)30-16(26(40)41)8-10-20(34)35)31-22(36)15(7-9-19(27)33)29-24(38)18-6-5-11-32(18)25(39)21(28)14(3)4/h13-18,21H,5-12,28H2,1-4H3,(H2,27,33)(H,29,38)(H,30,37)(H,31,36)(H,34,35)(H,40,41)/t15-,16-,17-,18-,21-/m0/s1. The number of likely N-dealkylation sites (tertiary alicyclic amines) is 1. The number of nitrogens with two attached hydrogens (primary N) is 2. The lowest BCUT2D eigenvalue weighted by atomic mass is 10.0. The smallest absolute Gasteiger partial charge is 0.326 e. The minimum absolute atomic E-state index is 0.0946. The van der Waals surface area contributed by atoms with Gasteiger partial charge in [0.05, 0.1) is 6.04 Å². The summed E-state index contributed by atoms with van der Waals surface area (Å²) in [5.41, 5.74) is 11.3. The average molecular weight is 585 g/mol. The van der Waals surface area contributed by atoms with E-state index in [1.165, 1.54) is 4.90 Å². The first-order valence-electron chi connectivity index (χ1n) is 13.7. The molecule has 0 spiro atoms. The van der Waals surface area contributed by atoms with E-state index in [0.29, 0.717) is 19.4 Å². The molecule has 5 atom stereocenters. The van der Waals surface area contributed by atoms with Crippen molar-refractivity contribution in [2.45, 2.75) is 103 Å². The lowest BCUT2D eigenvalue weighted by Gasteiger charge is -2.30. The van der Waals surface area contributed by atoms with Crippen molar-refractivity contribution < 1.29 is 43.8 Å². The molecule has 1 aliphatic heterocycles. The zero-order chi connectivity index (χ0) is 31.4. The molecular weight excluding hydrogens is 540 g/mol. The molecule has 0 bridgehead atoms. The van der Waals surface area contributed by atoms with Gasteiger partial charge in [-0.3, -0.25) is 28.8 Å². The quantitative estimate of drug-likeness (QED) is 0.106. The maximum absolute atomic E-state index is 13.3. The summed E-state index contributed by atoms with van der Waals surface area (Å²) in [6, 6.07) is -5.71. The van der Waals surface area contributed by atoms with Gasteiger partial charge in [0.2, 0.25) is 29.5 Å². The van der Waals surface area contributed by atoms with Crippen LogP contribution in [0.5, 0.6) is 0 Å². The number of amides is 5. The number of aliphatic carboxylic acids is 2. The van der Waals surface area contributed by atoms with Gasteiger partial charge in [-0.05, 0) is 43.9 Å². The van der Waals surface area contributed by atoms with Crippen molar-refractivity contribution in [2.75, 3.05) is 6.54 Å². The van der Waals surface area contributed by atoms with Crippen molar-refractivity contribution in [1.82, 2.24) is 20.9 Å². The Morgan fingerprint density at radius 3 is 1.93 bits per heavy atom. The van der Waals surface area contributed by atoms with Crippen LogP contribution in [0.2, 0.25) is 0 Å². The van der Waals surface area contributed by atoms with E-state index in [4.69, 9.17) is 16.6 Å². The minimum atomic E-state index is -1.50. The van der Waals surface area contributed by atoms with E-state index in [-0.39, 0.29) is 43.4 Å². The molecule has 0 saturated carbocycles. The Hall–Kier alpha value is -3.75. The van der Waals surface area contributed by atoms with Gasteiger partial charge in [0.1, 0.15) is 24.2 Å². The van der Waals surface area contributed by atoms with E-state index in [2.05, 4.69) is 16.0 Å². The number of carbonyl (C=O) groups excluding carboxylic acids is 5. The number of primary amides is 1. The van der Waals surface area contributed by atoms with Crippen LogP contribution in [0.3, 0.4) is 0 Å². The second kappa shape index (κ2) is 16.5. The maximum atomic E-state index is 13.3. The van der Waals surface area contributed by atoms with Gasteiger partial charge >= 0.3 is 11.9 Å². The summed E-state index contributed by atoms with van der Waals surface area (Å²) in [4.78, 5) is 87.6. The van der Waals surface area contributed by atoms with Crippen LogP contribution in [0.4, 0.5) is 0 Å². The number of carboxylic acid groups (broad SMARTS) is 2. The van der Waals surface area contributed by atoms with Crippen molar-refractivity contribution >= 4 is 41.5 Å². The van der Waals surface area contributed by atoms with Crippen molar-refractivity contribution in [3.63, 3.8) is 0 Å². The molecule has 15 heteroatoms. The predicted molar refractivity (Wildman–Crippen MR) is 146 cm³/mol. The van der Waals surface area contributed by atoms with E-state index >= 15 is 0 Å². The summed E-state index contributed by atoms with van der Waals surface area (Å²) >= 11 is 0. The van der Waals surface area contributed by atoms with E-state index in [9.17, 15) is 38.7 Å². The molecule has 1 rings (SSSR count). The van der Waals surface area contributed by atoms with Gasteiger partial charge in [-0.2, -0.15) is 0 Å². The lowest BCUT2D eigenvalue weighted by Crippen LogP contribution is -2.58. The van der Waals surface area contributed by atoms with Crippen LogP contribution in [-0.2, 0) is 33.6 Å². The van der Waals surface area contributed by atoms with E-state index in [1.54, 1.807) is 27.7 Å². The normalized spacial score (nSPS) is 17.8. The first kappa shape index (κ1) is 35.3. The molecule has 1 saturated heterocycles. The minimum Gasteiger partial charge on any atom is -0.481 e. The molecular formula is C26H44N6O9. The number of nitrogens with one attached hydrogen (secondary N) is 3. The van der Waals surface area contributed by atoms with Crippen LogP contribution >= 0.6 is 0 Å². The highest BCUT2D eigenvalue weighted by atomic mass is 16.4. The summed E-state index contributed by atoms with van der Waals surface area (Å²) in [5.74, 6) is -6.36. The SMILES string of the molecule is CC(C)C[C@H](NC(=O)[C@H](CCC(N)=O)NC(=O)[C@@H]1CCCN1C(=O)[C@@H](N)C(C)C)C(=O)N[C@@H](CCC(=O)O)C(=O)O. The summed E-state index contributed by atoms with van der Waals surface area (Å²) in [5, 5.41) is 25.6. The Labute approximate surface area is 239 Å². The molecule has 0 radical (unpaired) electrons. The monoisotopic (exact) mass is 584 g/mol. The Kier molecular flexibility index (Phi) is 14.2. The summed E-state index contributed by atoms with van der Waals surface area (Å²) in [6.45, 7) is 7.43. The fourth-order valence-corrected chi connectivity index (χ4v) is 4.38. The maximum Gasteiger partial charge on any atom is 0.326 e. The van der Waals surface area contributed by atoms with Crippen molar-refractivity contribution in [3.05, 3.63) is 0 Å². The molecule has 5 amide bonds. The molecule has 0 unspecified atom stereocenters. The van der Waals surface area contributed by atoms with E-state index in [1.807, 2.05) is 0 Å². The molecule has 41 heavy (non-hydrogen) atoms. The third-order valence-electron chi connectivity index (χ3n) is 6.76. The Balaban J connectivity index is 3.10. The molecule has 0 aliphatic carbocycles. The van der Waals surface area contributed by atoms with Crippen molar-refractivity contribution in [1.29, 1.82) is 0 Å². The van der Waals surface area contributed by atoms with E-state index < -0.39 is 72.2 Å². The van der Waals surface area contributed by atoms with Gasteiger partial charge in [0.15, 0.2) is 0 Å². The summed E-state index contributed by atoms with van der Waals surface area (Å²) in [7, 11) is 0. The van der Waals surface area contributed by atoms with Gasteiger partial charge in [-0.15, -0.1) is 0 Å². The highest BCUT2D eigenvalue weighted by Gasteiger charge is 2.38. The molecule has 0 aromatic rings. The predicted octanol–water partition coefficient (Wildman–Crippen LogP) is -1.32. The average Bonchev–Trinajstić information content (AvgIpc) is 3.36. The molecule has 15 nitrogen and oxygen atoms in total. The molecule has 0 aromatic carbocycles. The zero-order valence-corrected chi connectivity index (χ0v) is 24.1. The Bertz CT molecular complexity index is 986. The molecule has 0 aromatic heterocycles. The highest BCUT2D eigenvalue weighted by molar-refractivity contribution is 5.96.